The Morgan fingerprint density at radius 3 is 2.38 bits per heavy atom. The summed E-state index contributed by atoms with van der Waals surface area (Å²) in [5, 5.41) is 14.9. The van der Waals surface area contributed by atoms with Gasteiger partial charge in [-0.3, -0.25) is 15.0 Å². The number of aliphatic imine (C=N–C) groups is 1. The van der Waals surface area contributed by atoms with Crippen LogP contribution in [0.1, 0.15) is 50.2 Å². The van der Waals surface area contributed by atoms with E-state index < -0.39 is 0 Å². The Morgan fingerprint density at radius 1 is 1.11 bits per heavy atom. The van der Waals surface area contributed by atoms with E-state index in [4.69, 9.17) is 14.7 Å². The first-order valence-electron chi connectivity index (χ1n) is 12.7. The Morgan fingerprint density at radius 2 is 1.78 bits per heavy atom. The van der Waals surface area contributed by atoms with Gasteiger partial charge in [-0.25, -0.2) is 15.4 Å². The van der Waals surface area contributed by atoms with Crippen molar-refractivity contribution in [3.8, 4) is 11.5 Å². The standard InChI is InChI=1S/C17H31N7O2.C9H10O2/c1-4-24(17-15(18-2)16(19-3)21-13-22-17)12-11-20-10-8-6-5-7-9-14(25)23-26;1-6-3-8-9(4-7(6)2)11-5-10-8/h13,20,26H,2,4-12H2,1,3H3,(H,23,25)(H,19,21,22);3-4H,5H2,1-2H3. The Bertz CT molecular complexity index is 974. The van der Waals surface area contributed by atoms with Crippen molar-refractivity contribution >= 4 is 29.9 Å². The third-order valence-electron chi connectivity index (χ3n) is 6.06. The number of amides is 1. The van der Waals surface area contributed by atoms with Gasteiger partial charge in [0, 0.05) is 33.1 Å². The molecule has 2 heterocycles. The summed E-state index contributed by atoms with van der Waals surface area (Å²) in [5.74, 6) is 2.88. The number of hydrogen-bond donors (Lipinski definition) is 4. The van der Waals surface area contributed by atoms with Crippen LogP contribution in [0.5, 0.6) is 11.5 Å². The molecule has 0 bridgehead atoms. The molecule has 0 unspecified atom stereocenters. The molecule has 3 rings (SSSR count). The van der Waals surface area contributed by atoms with Crippen LogP contribution in [0.3, 0.4) is 0 Å². The van der Waals surface area contributed by atoms with Gasteiger partial charge in [0.05, 0.1) is 0 Å². The smallest absolute Gasteiger partial charge is 0.243 e. The summed E-state index contributed by atoms with van der Waals surface area (Å²) < 4.78 is 10.4. The fraction of sp³-hybridized carbons (Fsp3) is 0.538. The summed E-state index contributed by atoms with van der Waals surface area (Å²) in [4.78, 5) is 25.6. The molecule has 0 aliphatic carbocycles. The van der Waals surface area contributed by atoms with Gasteiger partial charge in [-0.1, -0.05) is 12.8 Å². The van der Waals surface area contributed by atoms with Crippen molar-refractivity contribution in [3.63, 3.8) is 0 Å². The van der Waals surface area contributed by atoms with Gasteiger partial charge in [-0.2, -0.15) is 0 Å². The van der Waals surface area contributed by atoms with Gasteiger partial charge in [0.2, 0.25) is 12.7 Å². The topological polar surface area (TPSA) is 133 Å². The number of hydroxylamine groups is 1. The molecule has 11 nitrogen and oxygen atoms in total. The first-order chi connectivity index (χ1) is 17.9. The maximum Gasteiger partial charge on any atom is 0.243 e. The predicted molar refractivity (Wildman–Crippen MR) is 147 cm³/mol. The summed E-state index contributed by atoms with van der Waals surface area (Å²) in [6.45, 7) is 13.6. The minimum Gasteiger partial charge on any atom is -0.454 e. The highest BCUT2D eigenvalue weighted by atomic mass is 16.7. The zero-order valence-electron chi connectivity index (χ0n) is 22.5. The van der Waals surface area contributed by atoms with E-state index in [-0.39, 0.29) is 5.91 Å². The van der Waals surface area contributed by atoms with Gasteiger partial charge in [-0.05, 0) is 70.1 Å². The van der Waals surface area contributed by atoms with Crippen LogP contribution in [0.15, 0.2) is 23.5 Å². The lowest BCUT2D eigenvalue weighted by Gasteiger charge is -2.24. The van der Waals surface area contributed by atoms with Crippen LogP contribution >= 0.6 is 0 Å². The van der Waals surface area contributed by atoms with E-state index >= 15 is 0 Å². The summed E-state index contributed by atoms with van der Waals surface area (Å²) in [6, 6.07) is 4.02. The Balaban J connectivity index is 0.000000358. The molecule has 11 heteroatoms. The number of nitrogens with zero attached hydrogens (tertiary/aromatic N) is 4. The van der Waals surface area contributed by atoms with Crippen LogP contribution in [0.25, 0.3) is 0 Å². The second kappa shape index (κ2) is 16.3. The summed E-state index contributed by atoms with van der Waals surface area (Å²) in [5.41, 5.74) is 4.81. The quantitative estimate of drug-likeness (QED) is 0.128. The van der Waals surface area contributed by atoms with E-state index in [1.165, 1.54) is 17.5 Å². The number of anilines is 2. The first kappa shape index (κ1) is 29.8. The number of carbonyl (C=O) groups excluding carboxylic acids is 1. The molecule has 0 spiro atoms. The van der Waals surface area contributed by atoms with E-state index in [1.54, 1.807) is 12.5 Å². The summed E-state index contributed by atoms with van der Waals surface area (Å²) in [6.07, 6.45) is 5.81. The second-order valence-electron chi connectivity index (χ2n) is 8.62. The van der Waals surface area contributed by atoms with Crippen LogP contribution in [-0.2, 0) is 4.79 Å². The lowest BCUT2D eigenvalue weighted by Crippen LogP contribution is -2.33. The highest BCUT2D eigenvalue weighted by Gasteiger charge is 2.15. The number of aryl methyl sites for hydroxylation is 2. The summed E-state index contributed by atoms with van der Waals surface area (Å²) >= 11 is 0. The lowest BCUT2D eigenvalue weighted by atomic mass is 10.1. The number of unbranched alkanes of at least 4 members (excludes halogenated alkanes) is 3. The number of benzene rings is 1. The highest BCUT2D eigenvalue weighted by molar-refractivity contribution is 5.76. The molecule has 4 N–H and O–H groups in total. The number of nitrogens with one attached hydrogen (secondary N) is 3. The number of likely N-dealkylation sites (N-methyl/N-ethyl adjacent to an activating group) is 1. The van der Waals surface area contributed by atoms with Crippen molar-refractivity contribution in [1.82, 2.24) is 20.8 Å². The predicted octanol–water partition coefficient (Wildman–Crippen LogP) is 3.75. The number of fused-ring (bicyclic) bond motifs is 1. The highest BCUT2D eigenvalue weighted by Crippen LogP contribution is 2.34. The molecule has 1 amide bonds. The van der Waals surface area contributed by atoms with Gasteiger partial charge in [-0.15, -0.1) is 0 Å². The van der Waals surface area contributed by atoms with Crippen LogP contribution in [0.2, 0.25) is 0 Å². The van der Waals surface area contributed by atoms with E-state index in [0.29, 0.717) is 24.7 Å². The monoisotopic (exact) mass is 515 g/mol. The van der Waals surface area contributed by atoms with Crippen molar-refractivity contribution in [3.05, 3.63) is 29.6 Å². The van der Waals surface area contributed by atoms with Gasteiger partial charge in [0.1, 0.15) is 12.0 Å². The molecule has 1 aromatic heterocycles. The fourth-order valence-corrected chi connectivity index (χ4v) is 3.77. The minimum atomic E-state index is -0.317. The Hall–Kier alpha value is -3.44. The van der Waals surface area contributed by atoms with Gasteiger partial charge in [0.15, 0.2) is 23.1 Å². The normalized spacial score (nSPS) is 11.4. The Labute approximate surface area is 219 Å². The van der Waals surface area contributed by atoms with Crippen LogP contribution in [0.4, 0.5) is 17.3 Å². The molecule has 0 fully saturated rings. The Kier molecular flexibility index (Phi) is 13.1. The average molecular weight is 516 g/mol. The minimum absolute atomic E-state index is 0.317. The maximum absolute atomic E-state index is 10.9. The number of ether oxygens (including phenoxy) is 2. The number of hydrogen-bond acceptors (Lipinski definition) is 10. The van der Waals surface area contributed by atoms with Crippen molar-refractivity contribution in [1.29, 1.82) is 0 Å². The molecular formula is C26H41N7O4. The van der Waals surface area contributed by atoms with E-state index in [2.05, 4.69) is 58.0 Å². The second-order valence-corrected chi connectivity index (χ2v) is 8.62. The molecule has 37 heavy (non-hydrogen) atoms. The molecule has 0 saturated carbocycles. The summed E-state index contributed by atoms with van der Waals surface area (Å²) in [7, 11) is 1.80. The SMILES string of the molecule is C=Nc1c(NC)ncnc1N(CC)CCNCCCCCCC(=O)NO.Cc1cc2c(cc1C)OCO2. The molecule has 2 aromatic rings. The van der Waals surface area contributed by atoms with Crippen molar-refractivity contribution in [2.24, 2.45) is 4.99 Å². The molecule has 0 atom stereocenters. The average Bonchev–Trinajstić information content (AvgIpc) is 3.36. The molecular weight excluding hydrogens is 474 g/mol. The van der Waals surface area contributed by atoms with Crippen molar-refractivity contribution in [2.45, 2.75) is 52.9 Å². The van der Waals surface area contributed by atoms with Gasteiger partial charge in [0.25, 0.3) is 0 Å². The molecule has 204 valence electrons. The van der Waals surface area contributed by atoms with Crippen LogP contribution in [0, 0.1) is 13.8 Å². The van der Waals surface area contributed by atoms with E-state index in [1.807, 2.05) is 12.1 Å². The van der Waals surface area contributed by atoms with Crippen molar-refractivity contribution < 1.29 is 19.5 Å². The first-order valence-corrected chi connectivity index (χ1v) is 12.7. The lowest BCUT2D eigenvalue weighted by molar-refractivity contribution is -0.129. The van der Waals surface area contributed by atoms with Crippen LogP contribution < -0.4 is 30.5 Å². The van der Waals surface area contributed by atoms with E-state index in [0.717, 1.165) is 69.2 Å². The molecule has 1 aliphatic rings. The number of carbonyl (C=O) groups is 1. The molecule has 0 radical (unpaired) electrons. The number of aromatic nitrogens is 2. The molecule has 1 aromatic carbocycles. The molecule has 0 saturated heterocycles. The van der Waals surface area contributed by atoms with Gasteiger partial charge < -0.3 is 25.0 Å². The van der Waals surface area contributed by atoms with Gasteiger partial charge >= 0.3 is 0 Å². The molecule has 1 aliphatic heterocycles. The zero-order valence-corrected chi connectivity index (χ0v) is 22.5. The fourth-order valence-electron chi connectivity index (χ4n) is 3.77. The van der Waals surface area contributed by atoms with Crippen molar-refractivity contribution in [2.75, 3.05) is 50.2 Å². The van der Waals surface area contributed by atoms with Crippen LogP contribution in [-0.4, -0.2) is 67.8 Å². The number of rotatable bonds is 14. The van der Waals surface area contributed by atoms with E-state index in [9.17, 15) is 4.79 Å². The zero-order chi connectivity index (χ0) is 27.0. The largest absolute Gasteiger partial charge is 0.454 e. The maximum atomic E-state index is 10.9. The third-order valence-corrected chi connectivity index (χ3v) is 6.06. The third kappa shape index (κ3) is 9.51.